The van der Waals surface area contributed by atoms with Crippen LogP contribution in [0.1, 0.15) is 0 Å². The maximum absolute atomic E-state index is 6.38. The predicted molar refractivity (Wildman–Crippen MR) is 256 cm³/mol. The Morgan fingerprint density at radius 3 is 1.93 bits per heavy atom. The molecule has 0 aliphatic carbocycles. The van der Waals surface area contributed by atoms with Crippen molar-refractivity contribution in [3.8, 4) is 16.8 Å². The Morgan fingerprint density at radius 2 is 1.03 bits per heavy atom. The van der Waals surface area contributed by atoms with E-state index in [1.807, 2.05) is 23.5 Å². The quantitative estimate of drug-likeness (QED) is 0.173. The van der Waals surface area contributed by atoms with Crippen molar-refractivity contribution in [2.45, 2.75) is 0 Å². The lowest BCUT2D eigenvalue weighted by molar-refractivity contribution is 0.669. The molecule has 0 atom stereocenters. The molecule has 0 aliphatic rings. The number of hydrogen-bond acceptors (Lipinski definition) is 3. The minimum atomic E-state index is 0.875. The standard InChI is InChI=1S/C56H34N2OS/c1-2-12-40(13-3-1)58-51-29-22-38(31-49(51)50-32-39-21-27-47-46-15-7-9-17-55(46)60-56(47)48(39)34-52(50)58)36-18-23-41(24-19-36)57(42-25-20-35-10-4-5-11-37(35)30-42)43-26-28-45-44-14-6-8-16-53(44)59-54(45)33-43/h1-34H. The minimum Gasteiger partial charge on any atom is -0.456 e. The second-order valence-electron chi connectivity index (χ2n) is 15.7. The Labute approximate surface area is 349 Å². The van der Waals surface area contributed by atoms with Crippen molar-refractivity contribution < 1.29 is 4.42 Å². The van der Waals surface area contributed by atoms with Crippen LogP contribution in [0.2, 0.25) is 0 Å². The third-order valence-corrected chi connectivity index (χ3v) is 13.5. The van der Waals surface area contributed by atoms with Crippen molar-refractivity contribution in [1.82, 2.24) is 4.57 Å². The Bertz CT molecular complexity index is 3840. The zero-order valence-electron chi connectivity index (χ0n) is 32.3. The fraction of sp³-hybridized carbons (Fsp3) is 0. The maximum atomic E-state index is 6.38. The van der Waals surface area contributed by atoms with E-state index in [-0.39, 0.29) is 0 Å². The SMILES string of the molecule is c1ccc(-n2c3ccc(-c4ccc(N(c5ccc6ccccc6c5)c5ccc6c(c5)oc5ccccc56)cc4)cc3c3cc4ccc5c6ccccc6sc5c4cc32)cc1. The Kier molecular flexibility index (Phi) is 7.18. The van der Waals surface area contributed by atoms with Gasteiger partial charge in [-0.05, 0) is 112 Å². The molecule has 3 aromatic heterocycles. The molecule has 10 aromatic carbocycles. The van der Waals surface area contributed by atoms with Gasteiger partial charge in [0.2, 0.25) is 0 Å². The molecule has 13 rings (SSSR count). The van der Waals surface area contributed by atoms with E-state index in [9.17, 15) is 0 Å². The first-order chi connectivity index (χ1) is 29.7. The summed E-state index contributed by atoms with van der Waals surface area (Å²) in [4.78, 5) is 2.33. The summed E-state index contributed by atoms with van der Waals surface area (Å²) in [7, 11) is 0. The number of rotatable bonds is 5. The number of furan rings is 1. The topological polar surface area (TPSA) is 21.3 Å². The van der Waals surface area contributed by atoms with Crippen molar-refractivity contribution in [2.24, 2.45) is 0 Å². The van der Waals surface area contributed by atoms with Crippen molar-refractivity contribution in [3.05, 3.63) is 206 Å². The first-order valence-corrected chi connectivity index (χ1v) is 21.2. The largest absolute Gasteiger partial charge is 0.456 e. The van der Waals surface area contributed by atoms with Crippen LogP contribution in [0.4, 0.5) is 17.1 Å². The Hall–Kier alpha value is -7.66. The smallest absolute Gasteiger partial charge is 0.137 e. The second kappa shape index (κ2) is 12.9. The highest BCUT2D eigenvalue weighted by molar-refractivity contribution is 7.26. The average molecular weight is 783 g/mol. The summed E-state index contributed by atoms with van der Waals surface area (Å²) >= 11 is 1.89. The zero-order valence-corrected chi connectivity index (χ0v) is 33.2. The van der Waals surface area contributed by atoms with Gasteiger partial charge in [0.1, 0.15) is 11.2 Å². The van der Waals surface area contributed by atoms with Gasteiger partial charge in [0.05, 0.1) is 11.0 Å². The molecule has 0 aliphatic heterocycles. The summed E-state index contributed by atoms with van der Waals surface area (Å²) in [5.74, 6) is 0. The van der Waals surface area contributed by atoms with Crippen molar-refractivity contribution in [2.75, 3.05) is 4.90 Å². The van der Waals surface area contributed by atoms with Crippen LogP contribution >= 0.6 is 11.3 Å². The molecule has 3 nitrogen and oxygen atoms in total. The number of hydrogen-bond donors (Lipinski definition) is 0. The zero-order chi connectivity index (χ0) is 39.3. The molecule has 3 heterocycles. The molecule has 13 aromatic rings. The van der Waals surface area contributed by atoms with Gasteiger partial charge in [0.25, 0.3) is 0 Å². The van der Waals surface area contributed by atoms with E-state index in [4.69, 9.17) is 4.42 Å². The average Bonchev–Trinajstić information content (AvgIpc) is 3.98. The predicted octanol–water partition coefficient (Wildman–Crippen LogP) is 16.5. The summed E-state index contributed by atoms with van der Waals surface area (Å²) in [5, 5.41) is 12.4. The lowest BCUT2D eigenvalue weighted by atomic mass is 10.00. The molecule has 4 heteroatoms. The van der Waals surface area contributed by atoms with Gasteiger partial charge < -0.3 is 13.9 Å². The van der Waals surface area contributed by atoms with Gasteiger partial charge >= 0.3 is 0 Å². The molecule has 0 bridgehead atoms. The molecular formula is C56H34N2OS. The maximum Gasteiger partial charge on any atom is 0.137 e. The number of para-hydroxylation sites is 2. The molecule has 0 amide bonds. The molecule has 0 N–H and O–H groups in total. The number of thiophene rings is 1. The van der Waals surface area contributed by atoms with Gasteiger partial charge in [-0.2, -0.15) is 0 Å². The van der Waals surface area contributed by atoms with Gasteiger partial charge in [-0.3, -0.25) is 0 Å². The molecule has 0 saturated heterocycles. The lowest BCUT2D eigenvalue weighted by Crippen LogP contribution is -2.09. The fourth-order valence-corrected chi connectivity index (χ4v) is 10.7. The number of nitrogens with zero attached hydrogens (tertiary/aromatic N) is 2. The molecule has 0 unspecified atom stereocenters. The second-order valence-corrected chi connectivity index (χ2v) is 16.8. The van der Waals surface area contributed by atoms with E-state index in [1.165, 1.54) is 74.6 Å². The van der Waals surface area contributed by atoms with E-state index < -0.39 is 0 Å². The van der Waals surface area contributed by atoms with Crippen LogP contribution in [0.25, 0.3) is 102 Å². The summed E-state index contributed by atoms with van der Waals surface area (Å²) in [6.07, 6.45) is 0. The lowest BCUT2D eigenvalue weighted by Gasteiger charge is -2.26. The van der Waals surface area contributed by atoms with Crippen LogP contribution in [-0.2, 0) is 0 Å². The number of anilines is 3. The van der Waals surface area contributed by atoms with Crippen LogP contribution in [0, 0.1) is 0 Å². The molecular weight excluding hydrogens is 749 g/mol. The van der Waals surface area contributed by atoms with Crippen LogP contribution in [0.5, 0.6) is 0 Å². The first kappa shape index (κ1) is 33.3. The van der Waals surface area contributed by atoms with Gasteiger partial charge in [0, 0.05) is 75.9 Å². The summed E-state index contributed by atoms with van der Waals surface area (Å²) < 4.78 is 11.5. The van der Waals surface area contributed by atoms with Gasteiger partial charge in [-0.1, -0.05) is 115 Å². The van der Waals surface area contributed by atoms with E-state index in [1.54, 1.807) is 0 Å². The number of benzene rings is 10. The minimum absolute atomic E-state index is 0.875. The van der Waals surface area contributed by atoms with Gasteiger partial charge in [-0.25, -0.2) is 0 Å². The van der Waals surface area contributed by atoms with Crippen molar-refractivity contribution >= 4 is 114 Å². The summed E-state index contributed by atoms with van der Waals surface area (Å²) in [6.45, 7) is 0. The molecule has 280 valence electrons. The molecule has 0 saturated carbocycles. The normalized spacial score (nSPS) is 12.0. The third kappa shape index (κ3) is 5.08. The number of aromatic nitrogens is 1. The highest BCUT2D eigenvalue weighted by atomic mass is 32.1. The van der Waals surface area contributed by atoms with E-state index in [2.05, 4.69) is 204 Å². The monoisotopic (exact) mass is 782 g/mol. The Morgan fingerprint density at radius 1 is 0.367 bits per heavy atom. The van der Waals surface area contributed by atoms with Crippen LogP contribution in [0.15, 0.2) is 211 Å². The van der Waals surface area contributed by atoms with Crippen LogP contribution < -0.4 is 4.90 Å². The molecule has 0 radical (unpaired) electrons. The molecule has 0 spiro atoms. The number of fused-ring (bicyclic) bond motifs is 12. The van der Waals surface area contributed by atoms with E-state index >= 15 is 0 Å². The van der Waals surface area contributed by atoms with E-state index in [0.717, 1.165) is 44.7 Å². The third-order valence-electron chi connectivity index (χ3n) is 12.3. The van der Waals surface area contributed by atoms with Crippen molar-refractivity contribution in [3.63, 3.8) is 0 Å². The highest BCUT2D eigenvalue weighted by Crippen LogP contribution is 2.44. The van der Waals surface area contributed by atoms with Crippen LogP contribution in [0.3, 0.4) is 0 Å². The van der Waals surface area contributed by atoms with Crippen molar-refractivity contribution in [1.29, 1.82) is 0 Å². The fourth-order valence-electron chi connectivity index (χ4n) is 9.48. The summed E-state index contributed by atoms with van der Waals surface area (Å²) in [5.41, 5.74) is 10.9. The highest BCUT2D eigenvalue weighted by Gasteiger charge is 2.19. The van der Waals surface area contributed by atoms with Gasteiger partial charge in [0.15, 0.2) is 0 Å². The van der Waals surface area contributed by atoms with E-state index in [0.29, 0.717) is 0 Å². The summed E-state index contributed by atoms with van der Waals surface area (Å²) in [6, 6.07) is 75.0. The van der Waals surface area contributed by atoms with Gasteiger partial charge in [-0.15, -0.1) is 11.3 Å². The first-order valence-electron chi connectivity index (χ1n) is 20.4. The molecule has 60 heavy (non-hydrogen) atoms. The molecule has 0 fully saturated rings. The van der Waals surface area contributed by atoms with Crippen LogP contribution in [-0.4, -0.2) is 4.57 Å². The Balaban J connectivity index is 0.960.